The number of nitrogens with one attached hydrogen (secondary N) is 1. The van der Waals surface area contributed by atoms with Gasteiger partial charge in [0.1, 0.15) is 5.75 Å². The molecule has 0 heterocycles. The molecule has 0 aliphatic carbocycles. The Balaban J connectivity index is 1.94. The molecule has 3 nitrogen and oxygen atoms in total. The lowest BCUT2D eigenvalue weighted by atomic mass is 10.1. The molecule has 2 rings (SSSR count). The third-order valence-corrected chi connectivity index (χ3v) is 3.07. The van der Waals surface area contributed by atoms with Gasteiger partial charge in [0.2, 0.25) is 0 Å². The number of rotatable bonds is 5. The van der Waals surface area contributed by atoms with Crippen LogP contribution in [0, 0.1) is 6.92 Å². The summed E-state index contributed by atoms with van der Waals surface area (Å²) in [5.74, 6) is 0.896. The topological polar surface area (TPSA) is 47.3 Å². The zero-order chi connectivity index (χ0) is 13.7. The summed E-state index contributed by atoms with van der Waals surface area (Å²) in [6, 6.07) is 14.1. The second-order valence-corrected chi connectivity index (χ2v) is 4.62. The maximum absolute atomic E-state index is 5.93. The molecule has 0 saturated heterocycles. The molecular weight excluding hydrogens is 236 g/mol. The molecule has 0 spiro atoms. The first-order valence-electron chi connectivity index (χ1n) is 6.42. The molecule has 0 aliphatic rings. The number of benzene rings is 2. The van der Waals surface area contributed by atoms with Gasteiger partial charge in [0.25, 0.3) is 0 Å². The normalized spacial score (nSPS) is 10.2. The standard InChI is InChI=1S/C16H20N2O/c1-12-6-7-15(17)16(10-12)18-9-8-13-4-3-5-14(11-13)19-2/h3-7,10-11,18H,8-9,17H2,1-2H3. The van der Waals surface area contributed by atoms with Crippen molar-refractivity contribution in [2.24, 2.45) is 0 Å². The minimum atomic E-state index is 0.788. The number of methoxy groups -OCH3 is 1. The number of hydrogen-bond acceptors (Lipinski definition) is 3. The first kappa shape index (κ1) is 13.3. The summed E-state index contributed by atoms with van der Waals surface area (Å²) >= 11 is 0. The lowest BCUT2D eigenvalue weighted by Gasteiger charge is -2.10. The fourth-order valence-electron chi connectivity index (χ4n) is 1.99. The number of ether oxygens (including phenoxy) is 1. The summed E-state index contributed by atoms with van der Waals surface area (Å²) < 4.78 is 5.21. The number of nitrogens with two attached hydrogens (primary N) is 1. The highest BCUT2D eigenvalue weighted by molar-refractivity contribution is 5.66. The van der Waals surface area contributed by atoms with Crippen LogP contribution in [0.2, 0.25) is 0 Å². The highest BCUT2D eigenvalue weighted by Crippen LogP contribution is 2.19. The summed E-state index contributed by atoms with van der Waals surface area (Å²) in [7, 11) is 1.69. The minimum Gasteiger partial charge on any atom is -0.497 e. The van der Waals surface area contributed by atoms with Gasteiger partial charge in [0.15, 0.2) is 0 Å². The molecule has 100 valence electrons. The van der Waals surface area contributed by atoms with E-state index in [1.165, 1.54) is 11.1 Å². The number of aryl methyl sites for hydroxylation is 1. The molecule has 19 heavy (non-hydrogen) atoms. The Morgan fingerprint density at radius 3 is 2.79 bits per heavy atom. The van der Waals surface area contributed by atoms with Gasteiger partial charge in [-0.2, -0.15) is 0 Å². The molecule has 3 heteroatoms. The van der Waals surface area contributed by atoms with Crippen molar-refractivity contribution in [2.45, 2.75) is 13.3 Å². The third-order valence-electron chi connectivity index (χ3n) is 3.07. The van der Waals surface area contributed by atoms with Gasteiger partial charge in [0, 0.05) is 6.54 Å². The van der Waals surface area contributed by atoms with E-state index in [-0.39, 0.29) is 0 Å². The van der Waals surface area contributed by atoms with Crippen molar-refractivity contribution in [1.29, 1.82) is 0 Å². The van der Waals surface area contributed by atoms with Gasteiger partial charge in [-0.1, -0.05) is 18.2 Å². The van der Waals surface area contributed by atoms with E-state index in [0.29, 0.717) is 0 Å². The van der Waals surface area contributed by atoms with Crippen LogP contribution in [0.3, 0.4) is 0 Å². The van der Waals surface area contributed by atoms with Crippen LogP contribution in [0.4, 0.5) is 11.4 Å². The van der Waals surface area contributed by atoms with Crippen LogP contribution in [-0.2, 0) is 6.42 Å². The maximum Gasteiger partial charge on any atom is 0.119 e. The van der Waals surface area contributed by atoms with Gasteiger partial charge in [-0.05, 0) is 48.7 Å². The molecule has 0 aromatic heterocycles. The fraction of sp³-hybridized carbons (Fsp3) is 0.250. The van der Waals surface area contributed by atoms with Crippen molar-refractivity contribution in [3.05, 3.63) is 53.6 Å². The molecule has 0 aliphatic heterocycles. The van der Waals surface area contributed by atoms with E-state index in [0.717, 1.165) is 30.1 Å². The molecule has 2 aromatic carbocycles. The van der Waals surface area contributed by atoms with Crippen LogP contribution in [0.1, 0.15) is 11.1 Å². The first-order chi connectivity index (χ1) is 9.19. The second kappa shape index (κ2) is 6.14. The summed E-state index contributed by atoms with van der Waals surface area (Å²) in [6.45, 7) is 2.91. The molecule has 0 saturated carbocycles. The van der Waals surface area contributed by atoms with Crippen LogP contribution in [-0.4, -0.2) is 13.7 Å². The Hall–Kier alpha value is -2.16. The van der Waals surface area contributed by atoms with Gasteiger partial charge in [-0.3, -0.25) is 0 Å². The largest absolute Gasteiger partial charge is 0.497 e. The lowest BCUT2D eigenvalue weighted by molar-refractivity contribution is 0.414. The van der Waals surface area contributed by atoms with Crippen molar-refractivity contribution >= 4 is 11.4 Å². The summed E-state index contributed by atoms with van der Waals surface area (Å²) in [5, 5.41) is 3.37. The van der Waals surface area contributed by atoms with Crippen molar-refractivity contribution in [3.63, 3.8) is 0 Å². The predicted octanol–water partition coefficient (Wildman–Crippen LogP) is 3.24. The molecule has 0 atom stereocenters. The van der Waals surface area contributed by atoms with E-state index in [9.17, 15) is 0 Å². The van der Waals surface area contributed by atoms with Crippen molar-refractivity contribution < 1.29 is 4.74 Å². The molecule has 0 fully saturated rings. The van der Waals surface area contributed by atoms with Crippen molar-refractivity contribution in [2.75, 3.05) is 24.7 Å². The van der Waals surface area contributed by atoms with E-state index < -0.39 is 0 Å². The Bertz CT molecular complexity index is 552. The van der Waals surface area contributed by atoms with E-state index in [1.54, 1.807) is 7.11 Å². The summed E-state index contributed by atoms with van der Waals surface area (Å²) in [5.41, 5.74) is 10.2. The molecule has 0 radical (unpaired) electrons. The first-order valence-corrected chi connectivity index (χ1v) is 6.42. The van der Waals surface area contributed by atoms with E-state index in [2.05, 4.69) is 30.4 Å². The van der Waals surface area contributed by atoms with Crippen molar-refractivity contribution in [1.82, 2.24) is 0 Å². The average Bonchev–Trinajstić information content (AvgIpc) is 2.43. The number of nitrogen functional groups attached to an aromatic ring is 1. The van der Waals surface area contributed by atoms with Gasteiger partial charge in [-0.25, -0.2) is 0 Å². The monoisotopic (exact) mass is 256 g/mol. The Kier molecular flexibility index (Phi) is 4.29. The van der Waals surface area contributed by atoms with E-state index in [1.807, 2.05) is 24.3 Å². The molecule has 2 aromatic rings. The zero-order valence-corrected chi connectivity index (χ0v) is 11.4. The second-order valence-electron chi connectivity index (χ2n) is 4.62. The molecule has 3 N–H and O–H groups in total. The molecule has 0 amide bonds. The average molecular weight is 256 g/mol. The SMILES string of the molecule is COc1cccc(CCNc2cc(C)ccc2N)c1. The minimum absolute atomic E-state index is 0.788. The summed E-state index contributed by atoms with van der Waals surface area (Å²) in [4.78, 5) is 0. The molecule has 0 unspecified atom stereocenters. The quantitative estimate of drug-likeness (QED) is 0.807. The fourth-order valence-corrected chi connectivity index (χ4v) is 1.99. The molecular formula is C16H20N2O. The lowest BCUT2D eigenvalue weighted by Crippen LogP contribution is -2.07. The van der Waals surface area contributed by atoms with Gasteiger partial charge in [-0.15, -0.1) is 0 Å². The Morgan fingerprint density at radius 1 is 1.16 bits per heavy atom. The smallest absolute Gasteiger partial charge is 0.119 e. The van der Waals surface area contributed by atoms with Crippen LogP contribution in [0.25, 0.3) is 0 Å². The third kappa shape index (κ3) is 3.65. The summed E-state index contributed by atoms with van der Waals surface area (Å²) in [6.07, 6.45) is 0.935. The van der Waals surface area contributed by atoms with Crippen LogP contribution in [0.15, 0.2) is 42.5 Å². The highest BCUT2D eigenvalue weighted by atomic mass is 16.5. The van der Waals surface area contributed by atoms with Crippen LogP contribution < -0.4 is 15.8 Å². The molecule has 0 bridgehead atoms. The predicted molar refractivity (Wildman–Crippen MR) is 80.8 cm³/mol. The maximum atomic E-state index is 5.93. The zero-order valence-electron chi connectivity index (χ0n) is 11.4. The van der Waals surface area contributed by atoms with Gasteiger partial charge >= 0.3 is 0 Å². The number of anilines is 2. The van der Waals surface area contributed by atoms with Gasteiger partial charge in [0.05, 0.1) is 18.5 Å². The van der Waals surface area contributed by atoms with E-state index >= 15 is 0 Å². The Morgan fingerprint density at radius 2 is 2.00 bits per heavy atom. The van der Waals surface area contributed by atoms with E-state index in [4.69, 9.17) is 10.5 Å². The van der Waals surface area contributed by atoms with Crippen LogP contribution >= 0.6 is 0 Å². The number of hydrogen-bond donors (Lipinski definition) is 2. The highest BCUT2D eigenvalue weighted by Gasteiger charge is 2.00. The van der Waals surface area contributed by atoms with Crippen molar-refractivity contribution in [3.8, 4) is 5.75 Å². The van der Waals surface area contributed by atoms with Crippen LogP contribution in [0.5, 0.6) is 5.75 Å². The van der Waals surface area contributed by atoms with Gasteiger partial charge < -0.3 is 15.8 Å². The Labute approximate surface area is 114 Å².